The summed E-state index contributed by atoms with van der Waals surface area (Å²) in [5, 5.41) is 0.939. The van der Waals surface area contributed by atoms with E-state index in [0.717, 1.165) is 30.1 Å². The van der Waals surface area contributed by atoms with Crippen molar-refractivity contribution < 1.29 is 4.39 Å². The van der Waals surface area contributed by atoms with Gasteiger partial charge in [-0.2, -0.15) is 0 Å². The molecule has 0 saturated heterocycles. The molecule has 0 bridgehead atoms. The predicted molar refractivity (Wildman–Crippen MR) is 63.7 cm³/mol. The SMILES string of the molecule is CCCC(CC)c1cc(F)cc(P)c1. The molecule has 78 valence electrons. The molecule has 0 heterocycles. The summed E-state index contributed by atoms with van der Waals surface area (Å²) in [5.74, 6) is 0.386. The van der Waals surface area contributed by atoms with Crippen molar-refractivity contribution in [3.8, 4) is 0 Å². The van der Waals surface area contributed by atoms with Crippen LogP contribution in [-0.2, 0) is 0 Å². The third kappa shape index (κ3) is 3.06. The summed E-state index contributed by atoms with van der Waals surface area (Å²) >= 11 is 0. The Bertz CT molecular complexity index is 276. The minimum atomic E-state index is -0.123. The first-order chi connectivity index (χ1) is 6.67. The zero-order valence-corrected chi connectivity index (χ0v) is 10.0. The van der Waals surface area contributed by atoms with E-state index in [-0.39, 0.29) is 5.82 Å². The lowest BCUT2D eigenvalue weighted by Gasteiger charge is -2.14. The Labute approximate surface area is 88.1 Å². The summed E-state index contributed by atoms with van der Waals surface area (Å²) < 4.78 is 13.2. The van der Waals surface area contributed by atoms with Crippen molar-refractivity contribution in [2.75, 3.05) is 0 Å². The van der Waals surface area contributed by atoms with E-state index in [0.29, 0.717) is 5.92 Å². The molecular formula is C12H18FP. The van der Waals surface area contributed by atoms with E-state index in [9.17, 15) is 4.39 Å². The second-order valence-corrected chi connectivity index (χ2v) is 4.38. The summed E-state index contributed by atoms with van der Waals surface area (Å²) in [7, 11) is 2.56. The lowest BCUT2D eigenvalue weighted by atomic mass is 9.92. The topological polar surface area (TPSA) is 0 Å². The van der Waals surface area contributed by atoms with E-state index in [1.165, 1.54) is 0 Å². The van der Waals surface area contributed by atoms with Crippen LogP contribution in [0.3, 0.4) is 0 Å². The van der Waals surface area contributed by atoms with Gasteiger partial charge in [-0.1, -0.05) is 26.3 Å². The molecule has 0 aliphatic carbocycles. The number of halogens is 1. The molecule has 2 unspecified atom stereocenters. The van der Waals surface area contributed by atoms with E-state index in [4.69, 9.17) is 0 Å². The van der Waals surface area contributed by atoms with Crippen LogP contribution in [-0.4, -0.2) is 0 Å². The fourth-order valence-electron chi connectivity index (χ4n) is 1.83. The van der Waals surface area contributed by atoms with E-state index >= 15 is 0 Å². The Hall–Kier alpha value is -0.420. The standard InChI is InChI=1S/C12H18FP/c1-3-5-9(4-2)10-6-11(13)8-12(14)7-10/h6-9H,3-5,14H2,1-2H3. The highest BCUT2D eigenvalue weighted by Gasteiger charge is 2.09. The van der Waals surface area contributed by atoms with Gasteiger partial charge in [-0.25, -0.2) is 4.39 Å². The molecule has 0 aliphatic rings. The third-order valence-electron chi connectivity index (χ3n) is 2.54. The van der Waals surface area contributed by atoms with Crippen LogP contribution >= 0.6 is 9.24 Å². The Morgan fingerprint density at radius 2 is 2.00 bits per heavy atom. The number of hydrogen-bond acceptors (Lipinski definition) is 0. The minimum Gasteiger partial charge on any atom is -0.207 e. The summed E-state index contributed by atoms with van der Waals surface area (Å²) in [6.07, 6.45) is 3.38. The highest BCUT2D eigenvalue weighted by molar-refractivity contribution is 7.27. The molecule has 1 aromatic carbocycles. The Morgan fingerprint density at radius 3 is 2.50 bits per heavy atom. The van der Waals surface area contributed by atoms with Crippen molar-refractivity contribution >= 4 is 14.5 Å². The lowest BCUT2D eigenvalue weighted by Crippen LogP contribution is -2.02. The molecule has 0 saturated carbocycles. The third-order valence-corrected chi connectivity index (χ3v) is 2.88. The van der Waals surface area contributed by atoms with Crippen LogP contribution < -0.4 is 5.30 Å². The molecule has 14 heavy (non-hydrogen) atoms. The van der Waals surface area contributed by atoms with Gasteiger partial charge < -0.3 is 0 Å². The molecule has 1 aromatic rings. The maximum atomic E-state index is 13.2. The summed E-state index contributed by atoms with van der Waals surface area (Å²) in [6, 6.07) is 5.28. The van der Waals surface area contributed by atoms with Gasteiger partial charge in [-0.15, -0.1) is 9.24 Å². The normalized spacial score (nSPS) is 12.9. The average Bonchev–Trinajstić information content (AvgIpc) is 2.12. The Morgan fingerprint density at radius 1 is 1.29 bits per heavy atom. The van der Waals surface area contributed by atoms with Gasteiger partial charge in [0.15, 0.2) is 0 Å². The zero-order chi connectivity index (χ0) is 10.6. The molecule has 2 atom stereocenters. The number of benzene rings is 1. The highest BCUT2D eigenvalue weighted by Crippen LogP contribution is 2.24. The van der Waals surface area contributed by atoms with Gasteiger partial charge in [0.2, 0.25) is 0 Å². The molecule has 1 rings (SSSR count). The van der Waals surface area contributed by atoms with Gasteiger partial charge in [0.25, 0.3) is 0 Å². The zero-order valence-electron chi connectivity index (χ0n) is 8.89. The first-order valence-electron chi connectivity index (χ1n) is 5.23. The van der Waals surface area contributed by atoms with Crippen LogP contribution in [0.2, 0.25) is 0 Å². The van der Waals surface area contributed by atoms with Crippen molar-refractivity contribution in [3.05, 3.63) is 29.6 Å². The van der Waals surface area contributed by atoms with E-state index in [2.05, 4.69) is 29.2 Å². The maximum absolute atomic E-state index is 13.2. The molecule has 0 nitrogen and oxygen atoms in total. The molecule has 0 aliphatic heterocycles. The largest absolute Gasteiger partial charge is 0.207 e. The second kappa shape index (κ2) is 5.46. The number of rotatable bonds is 4. The first kappa shape index (κ1) is 11.7. The number of hydrogen-bond donors (Lipinski definition) is 0. The van der Waals surface area contributed by atoms with Gasteiger partial charge in [-0.3, -0.25) is 0 Å². The smallest absolute Gasteiger partial charge is 0.124 e. The van der Waals surface area contributed by atoms with Gasteiger partial charge in [0.05, 0.1) is 0 Å². The van der Waals surface area contributed by atoms with E-state index in [1.807, 2.05) is 0 Å². The quantitative estimate of drug-likeness (QED) is 0.669. The average molecular weight is 212 g/mol. The predicted octanol–water partition coefficient (Wildman–Crippen LogP) is 3.62. The van der Waals surface area contributed by atoms with Crippen LogP contribution in [0, 0.1) is 5.82 Å². The molecule has 0 amide bonds. The maximum Gasteiger partial charge on any atom is 0.124 e. The Kier molecular flexibility index (Phi) is 4.54. The summed E-state index contributed by atoms with van der Waals surface area (Å²) in [4.78, 5) is 0. The highest BCUT2D eigenvalue weighted by atomic mass is 31.0. The lowest BCUT2D eigenvalue weighted by molar-refractivity contribution is 0.582. The molecule has 0 aromatic heterocycles. The van der Waals surface area contributed by atoms with Crippen LogP contribution in [0.1, 0.15) is 44.6 Å². The van der Waals surface area contributed by atoms with Crippen molar-refractivity contribution in [3.63, 3.8) is 0 Å². The van der Waals surface area contributed by atoms with Gasteiger partial charge in [-0.05, 0) is 41.8 Å². The summed E-state index contributed by atoms with van der Waals surface area (Å²) in [5.41, 5.74) is 1.14. The van der Waals surface area contributed by atoms with E-state index in [1.54, 1.807) is 12.1 Å². The monoisotopic (exact) mass is 212 g/mol. The molecule has 2 heteroatoms. The summed E-state index contributed by atoms with van der Waals surface area (Å²) in [6.45, 7) is 4.33. The van der Waals surface area contributed by atoms with Crippen LogP contribution in [0.15, 0.2) is 18.2 Å². The van der Waals surface area contributed by atoms with Crippen LogP contribution in [0.4, 0.5) is 4.39 Å². The van der Waals surface area contributed by atoms with Crippen molar-refractivity contribution in [2.45, 2.75) is 39.0 Å². The van der Waals surface area contributed by atoms with E-state index < -0.39 is 0 Å². The van der Waals surface area contributed by atoms with Crippen LogP contribution in [0.25, 0.3) is 0 Å². The van der Waals surface area contributed by atoms with Gasteiger partial charge in [0, 0.05) is 0 Å². The van der Waals surface area contributed by atoms with Crippen molar-refractivity contribution in [2.24, 2.45) is 0 Å². The Balaban J connectivity index is 2.91. The van der Waals surface area contributed by atoms with Crippen molar-refractivity contribution in [1.29, 1.82) is 0 Å². The second-order valence-electron chi connectivity index (χ2n) is 3.71. The molecule has 0 fully saturated rings. The van der Waals surface area contributed by atoms with Gasteiger partial charge >= 0.3 is 0 Å². The molecule has 0 N–H and O–H groups in total. The minimum absolute atomic E-state index is 0.123. The fraction of sp³-hybridized carbons (Fsp3) is 0.500. The molecule has 0 radical (unpaired) electrons. The van der Waals surface area contributed by atoms with Gasteiger partial charge in [0.1, 0.15) is 5.82 Å². The molecular weight excluding hydrogens is 194 g/mol. The first-order valence-corrected chi connectivity index (χ1v) is 5.81. The fourth-order valence-corrected chi connectivity index (χ4v) is 2.18. The molecule has 0 spiro atoms. The van der Waals surface area contributed by atoms with Crippen molar-refractivity contribution in [1.82, 2.24) is 0 Å². The van der Waals surface area contributed by atoms with Crippen LogP contribution in [0.5, 0.6) is 0 Å².